The Labute approximate surface area is 599 Å². The predicted molar refractivity (Wildman–Crippen MR) is 295 cm³/mol. The summed E-state index contributed by atoms with van der Waals surface area (Å²) in [6, 6.07) is 21.3. The third-order valence-electron chi connectivity index (χ3n) is 14.5. The van der Waals surface area contributed by atoms with Crippen molar-refractivity contribution < 1.29 is 212 Å². The third-order valence-corrected chi connectivity index (χ3v) is 17.9. The Hall–Kier alpha value is -1.57. The van der Waals surface area contributed by atoms with Gasteiger partial charge in [0.05, 0.1) is 44.5 Å². The van der Waals surface area contributed by atoms with Gasteiger partial charge in [-0.2, -0.15) is 17.6 Å². The summed E-state index contributed by atoms with van der Waals surface area (Å²) >= 11 is 2.01. The second-order valence-corrected chi connectivity index (χ2v) is 25.7. The van der Waals surface area contributed by atoms with Crippen LogP contribution >= 0.6 is 36.1 Å². The number of fused-ring (bicyclic) bond motifs is 6. The molecular formula is C55H55N3Na4O19S5. The molecule has 0 radical (unpaired) electrons. The zero-order valence-electron chi connectivity index (χ0n) is 48.9. The molecule has 86 heavy (non-hydrogen) atoms. The van der Waals surface area contributed by atoms with Gasteiger partial charge in [-0.25, -0.2) is 21.6 Å². The molecule has 0 spiro atoms. The number of rotatable bonds is 27. The van der Waals surface area contributed by atoms with Crippen LogP contribution in [0.2, 0.25) is 0 Å². The van der Waals surface area contributed by atoms with Crippen molar-refractivity contribution in [2.75, 3.05) is 29.5 Å². The van der Waals surface area contributed by atoms with E-state index in [9.17, 15) is 56.1 Å². The molecule has 1 fully saturated rings. The Morgan fingerprint density at radius 2 is 1.42 bits per heavy atom. The van der Waals surface area contributed by atoms with Gasteiger partial charge in [0.2, 0.25) is 5.69 Å². The van der Waals surface area contributed by atoms with Crippen molar-refractivity contribution >= 4 is 118 Å². The van der Waals surface area contributed by atoms with Crippen LogP contribution in [0.25, 0.3) is 27.1 Å². The zero-order valence-corrected chi connectivity index (χ0v) is 60.9. The average molecular weight is 1310 g/mol. The normalized spacial score (nSPS) is 15.9. The second-order valence-electron chi connectivity index (χ2n) is 20.5. The van der Waals surface area contributed by atoms with Crippen LogP contribution in [0.4, 0.5) is 11.4 Å². The number of carbonyl (C=O) groups excluding carboxylic acids is 3. The van der Waals surface area contributed by atoms with Crippen molar-refractivity contribution in [2.45, 2.75) is 112 Å². The first-order chi connectivity index (χ1) is 39.0. The summed E-state index contributed by atoms with van der Waals surface area (Å²) in [4.78, 5) is 43.9. The average Bonchev–Trinajstić information content (AvgIpc) is 1.63. The van der Waals surface area contributed by atoms with E-state index in [1.54, 1.807) is 6.07 Å². The summed E-state index contributed by atoms with van der Waals surface area (Å²) in [5.41, 5.74) is 5.90. The molecular weight excluding hydrogens is 1260 g/mol. The van der Waals surface area contributed by atoms with Gasteiger partial charge in [0, 0.05) is 100 Å². The molecule has 3 heterocycles. The number of benzene rings is 5. The maximum atomic E-state index is 12.7. The first kappa shape index (κ1) is 76.9. The van der Waals surface area contributed by atoms with Crippen molar-refractivity contribution in [1.29, 1.82) is 0 Å². The molecule has 5 aromatic carbocycles. The van der Waals surface area contributed by atoms with Crippen LogP contribution in [0.3, 0.4) is 0 Å². The zero-order chi connectivity index (χ0) is 59.1. The molecule has 0 unspecified atom stereocenters. The fraction of sp³-hybridized carbons (Fsp3) is 0.345. The fourth-order valence-corrected chi connectivity index (χ4v) is 13.4. The van der Waals surface area contributed by atoms with Gasteiger partial charge in [-0.15, -0.1) is 5.06 Å². The van der Waals surface area contributed by atoms with Crippen LogP contribution in [-0.2, 0) is 84.8 Å². The van der Waals surface area contributed by atoms with E-state index >= 15 is 0 Å². The fourth-order valence-electron chi connectivity index (χ4n) is 11.0. The summed E-state index contributed by atoms with van der Waals surface area (Å²) in [5.74, 6) is -2.13. The maximum absolute atomic E-state index is 12.7. The molecule has 8 rings (SSSR count). The minimum atomic E-state index is -5.04. The predicted octanol–water partition coefficient (Wildman–Crippen LogP) is -5.10. The third kappa shape index (κ3) is 18.4. The van der Waals surface area contributed by atoms with Gasteiger partial charge in [-0.05, 0) is 144 Å². The molecule has 3 aliphatic heterocycles. The SMILES string of the molecule is Cc1cc(SOO[O-])cc2c3c(ccc12)N(CCCS(=O)(=O)[O-])/C(=C/C=C(/C=C/C1=[N+](CCCSOO[O-])c2ccc4c(SOO[O-])cc(S(=O)(=O)[O-])cc4c2C1(C)C)c1cccc(CCCCC(=O)ON2C(=O)CCC2=O)c1)C3(C)C.[Na+].[Na+].[Na+].[Na+]. The Balaban J connectivity index is 0.00000396. The van der Waals surface area contributed by atoms with E-state index in [2.05, 4.69) is 23.8 Å². The number of hydrogen-bond donors (Lipinski definition) is 0. The van der Waals surface area contributed by atoms with Gasteiger partial charge in [0.25, 0.3) is 11.8 Å². The van der Waals surface area contributed by atoms with Crippen LogP contribution in [0, 0.1) is 6.92 Å². The van der Waals surface area contributed by atoms with E-state index in [4.69, 9.17) is 9.17 Å². The van der Waals surface area contributed by atoms with Crippen molar-refractivity contribution in [3.05, 3.63) is 131 Å². The monoisotopic (exact) mass is 1310 g/mol. The molecule has 0 atom stereocenters. The van der Waals surface area contributed by atoms with Gasteiger partial charge in [-0.1, -0.05) is 50.3 Å². The van der Waals surface area contributed by atoms with Gasteiger partial charge in [0.15, 0.2) is 5.71 Å². The van der Waals surface area contributed by atoms with Gasteiger partial charge < -0.3 is 34.6 Å². The molecule has 0 bridgehead atoms. The number of hydroxylamine groups is 2. The van der Waals surface area contributed by atoms with Crippen molar-refractivity contribution in [3.63, 3.8) is 0 Å². The molecule has 22 nitrogen and oxygen atoms in total. The Morgan fingerprint density at radius 3 is 2.09 bits per heavy atom. The van der Waals surface area contributed by atoms with E-state index in [0.29, 0.717) is 87.6 Å². The molecule has 2 amide bonds. The van der Waals surface area contributed by atoms with E-state index in [1.807, 2.05) is 123 Å². The number of imide groups is 1. The standard InChI is InChI=1S/C55H59N3O19S5.4Na/c1-34-29-38(79-76-73-63)31-42-40(34)17-19-44-52(42)54(2,3)48(57(44)26-10-28-81(65,66)67)22-16-36(37-13-8-12-35(30-37)11-6-7-14-51(61)71-58-49(59)23-24-50(58)60)15-21-47-55(4,5)53-43-32-39(82(68,69)70)33-46(80-77-74-64)41(43)18-20-45(53)56(47)25-9-27-78-75-72-62;;;;/h8,12-13,15-22,29-33H,6-7,9-11,14,23-28H2,1-5H3,(H4-,62,63,64,65,66,67,68,69,70);;;;/q;4*+1/p-4. The molecule has 31 heteroatoms. The van der Waals surface area contributed by atoms with Gasteiger partial charge in [0.1, 0.15) is 16.7 Å². The van der Waals surface area contributed by atoms with Crippen LogP contribution in [-0.4, -0.2) is 83.7 Å². The molecule has 0 saturated carbocycles. The summed E-state index contributed by atoms with van der Waals surface area (Å²) in [5, 5.41) is 46.5. The molecule has 438 valence electrons. The minimum Gasteiger partial charge on any atom is -0.748 e. The number of aryl methyl sites for hydroxylation is 2. The first-order valence-corrected chi connectivity index (χ1v) is 31.0. The molecule has 0 aliphatic carbocycles. The van der Waals surface area contributed by atoms with E-state index < -0.39 is 59.5 Å². The number of carbonyl (C=O) groups is 3. The van der Waals surface area contributed by atoms with Gasteiger partial charge >= 0.3 is 124 Å². The van der Waals surface area contributed by atoms with Crippen LogP contribution in [0.5, 0.6) is 0 Å². The molecule has 0 N–H and O–H groups in total. The van der Waals surface area contributed by atoms with Crippen LogP contribution < -0.4 is 139 Å². The largest absolute Gasteiger partial charge is 1.00 e. The van der Waals surface area contributed by atoms with E-state index in [-0.39, 0.29) is 155 Å². The number of unbranched alkanes of at least 4 members (excludes halogenated alkanes) is 1. The molecule has 5 aromatic rings. The van der Waals surface area contributed by atoms with E-state index in [0.717, 1.165) is 80.3 Å². The van der Waals surface area contributed by atoms with Crippen LogP contribution in [0.15, 0.2) is 117 Å². The Kier molecular flexibility index (Phi) is 30.3. The van der Waals surface area contributed by atoms with E-state index in [1.165, 1.54) is 6.07 Å². The topological polar surface area (TPSA) is 309 Å². The first-order valence-electron chi connectivity index (χ1n) is 25.6. The summed E-state index contributed by atoms with van der Waals surface area (Å²) in [7, 11) is -9.63. The van der Waals surface area contributed by atoms with Gasteiger partial charge in [-0.3, -0.25) is 24.7 Å². The smallest absolute Gasteiger partial charge is 0.748 e. The Morgan fingerprint density at radius 1 is 0.744 bits per heavy atom. The number of amides is 2. The summed E-state index contributed by atoms with van der Waals surface area (Å²) in [6.45, 7) is 10.3. The van der Waals surface area contributed by atoms with Crippen molar-refractivity contribution in [1.82, 2.24) is 5.06 Å². The van der Waals surface area contributed by atoms with Crippen molar-refractivity contribution in [2.24, 2.45) is 0 Å². The van der Waals surface area contributed by atoms with Crippen molar-refractivity contribution in [3.8, 4) is 0 Å². The minimum absolute atomic E-state index is 0. The number of hydrogen-bond acceptors (Lipinski definition) is 23. The Bertz CT molecular complexity index is 3660. The summed E-state index contributed by atoms with van der Waals surface area (Å²) < 4.78 is 89.9. The summed E-state index contributed by atoms with van der Waals surface area (Å²) in [6.07, 6.45) is 9.53. The number of nitrogens with zero attached hydrogens (tertiary/aromatic N) is 3. The molecule has 1 saturated heterocycles. The number of allylic oxidation sites excluding steroid dienone is 6. The molecule has 0 aromatic heterocycles. The van der Waals surface area contributed by atoms with Crippen LogP contribution in [0.1, 0.15) is 100 Å². The second kappa shape index (κ2) is 33.8. The quantitative estimate of drug-likeness (QED) is 0.00547. The number of anilines is 1. The molecule has 3 aliphatic rings. The maximum Gasteiger partial charge on any atom is 1.00 e.